The Morgan fingerprint density at radius 3 is 1.53 bits per heavy atom. The van der Waals surface area contributed by atoms with Gasteiger partial charge in [-0.2, -0.15) is 0 Å². The summed E-state index contributed by atoms with van der Waals surface area (Å²) in [5.74, 6) is -2.13. The van der Waals surface area contributed by atoms with Gasteiger partial charge < -0.3 is 10.2 Å². The number of carbonyl (C=O) groups is 3. The summed E-state index contributed by atoms with van der Waals surface area (Å²) in [6.07, 6.45) is 0.167. The van der Waals surface area contributed by atoms with Crippen LogP contribution in [0.2, 0.25) is 0 Å². The van der Waals surface area contributed by atoms with Crippen molar-refractivity contribution < 1.29 is 24.6 Å². The normalized spacial score (nSPS) is 11.5. The molecule has 0 unspecified atom stereocenters. The fourth-order valence-electron chi connectivity index (χ4n) is 2.12. The summed E-state index contributed by atoms with van der Waals surface area (Å²) in [7, 11) is 0. The lowest BCUT2D eigenvalue weighted by Crippen LogP contribution is -2.36. The van der Waals surface area contributed by atoms with E-state index in [4.69, 9.17) is 10.2 Å². The van der Waals surface area contributed by atoms with Gasteiger partial charge in [-0.15, -0.1) is 0 Å². The number of hydrogen-bond acceptors (Lipinski definition) is 3. The molecular weight excluding hydrogens is 224 g/mol. The van der Waals surface area contributed by atoms with Crippen molar-refractivity contribution in [3.63, 3.8) is 0 Å². The number of carboxylic acids is 2. The van der Waals surface area contributed by atoms with Gasteiger partial charge in [0.1, 0.15) is 5.78 Å². The molecule has 0 saturated carbocycles. The lowest BCUT2D eigenvalue weighted by Gasteiger charge is -2.34. The largest absolute Gasteiger partial charge is 0.481 e. The fraction of sp³-hybridized carbons (Fsp3) is 0.750. The molecule has 5 heteroatoms. The molecule has 0 amide bonds. The highest BCUT2D eigenvalue weighted by atomic mass is 16.4. The van der Waals surface area contributed by atoms with Gasteiger partial charge in [0.25, 0.3) is 0 Å². The van der Waals surface area contributed by atoms with E-state index in [1.807, 2.05) is 13.8 Å². The second-order valence-electron chi connectivity index (χ2n) is 4.65. The number of ketones is 1. The Labute approximate surface area is 101 Å². The zero-order valence-corrected chi connectivity index (χ0v) is 10.5. The third kappa shape index (κ3) is 4.54. The molecule has 5 nitrogen and oxygen atoms in total. The maximum absolute atomic E-state index is 11.7. The van der Waals surface area contributed by atoms with E-state index >= 15 is 0 Å². The predicted octanol–water partition coefficient (Wildman–Crippen LogP) is 1.95. The highest BCUT2D eigenvalue weighted by Crippen LogP contribution is 2.38. The second-order valence-corrected chi connectivity index (χ2v) is 4.65. The first kappa shape index (κ1) is 15.6. The average Bonchev–Trinajstić information content (AvgIpc) is 2.16. The molecule has 0 atom stereocenters. The molecule has 0 aliphatic carbocycles. The van der Waals surface area contributed by atoms with Crippen molar-refractivity contribution in [3.05, 3.63) is 0 Å². The van der Waals surface area contributed by atoms with E-state index in [0.717, 1.165) is 0 Å². The van der Waals surface area contributed by atoms with Crippen molar-refractivity contribution in [2.24, 2.45) is 11.3 Å². The molecule has 17 heavy (non-hydrogen) atoms. The van der Waals surface area contributed by atoms with Crippen LogP contribution in [0.15, 0.2) is 0 Å². The summed E-state index contributed by atoms with van der Waals surface area (Å²) in [4.78, 5) is 32.9. The number of hydrogen-bond donors (Lipinski definition) is 2. The molecule has 98 valence electrons. The summed E-state index contributed by atoms with van der Waals surface area (Å²) in [5.41, 5.74) is -0.837. The molecule has 0 aromatic heterocycles. The third-order valence-electron chi connectivity index (χ3n) is 3.38. The SMILES string of the molecule is CC(=O)C(CCC(=O)O)(CCC(=O)O)C(C)C. The van der Waals surface area contributed by atoms with Crippen LogP contribution in [0.5, 0.6) is 0 Å². The minimum atomic E-state index is -0.966. The van der Waals surface area contributed by atoms with Crippen LogP contribution in [-0.4, -0.2) is 27.9 Å². The zero-order valence-electron chi connectivity index (χ0n) is 10.5. The van der Waals surface area contributed by atoms with E-state index in [1.54, 1.807) is 0 Å². The van der Waals surface area contributed by atoms with Crippen LogP contribution in [0.4, 0.5) is 0 Å². The van der Waals surface area contributed by atoms with Crippen molar-refractivity contribution in [2.75, 3.05) is 0 Å². The molecule has 0 aromatic carbocycles. The van der Waals surface area contributed by atoms with Gasteiger partial charge in [0.2, 0.25) is 0 Å². The number of carboxylic acid groups (broad SMARTS) is 2. The summed E-state index contributed by atoms with van der Waals surface area (Å²) in [6.45, 7) is 5.06. The third-order valence-corrected chi connectivity index (χ3v) is 3.38. The molecule has 0 saturated heterocycles. The lowest BCUT2D eigenvalue weighted by atomic mass is 9.68. The van der Waals surface area contributed by atoms with Crippen LogP contribution in [0.25, 0.3) is 0 Å². The Morgan fingerprint density at radius 1 is 1.00 bits per heavy atom. The van der Waals surface area contributed by atoms with Crippen molar-refractivity contribution in [1.82, 2.24) is 0 Å². The first-order valence-electron chi connectivity index (χ1n) is 5.67. The second kappa shape index (κ2) is 6.37. The molecule has 0 aromatic rings. The molecule has 0 bridgehead atoms. The van der Waals surface area contributed by atoms with Crippen molar-refractivity contribution in [3.8, 4) is 0 Å². The number of aliphatic carboxylic acids is 2. The molecule has 0 spiro atoms. The quantitative estimate of drug-likeness (QED) is 0.680. The molecule has 0 aliphatic heterocycles. The Kier molecular flexibility index (Phi) is 5.85. The zero-order chi connectivity index (χ0) is 13.6. The van der Waals surface area contributed by atoms with Gasteiger partial charge in [0.15, 0.2) is 0 Å². The molecule has 2 N–H and O–H groups in total. The summed E-state index contributed by atoms with van der Waals surface area (Å²) in [5, 5.41) is 17.4. The van der Waals surface area contributed by atoms with Crippen LogP contribution >= 0.6 is 0 Å². The van der Waals surface area contributed by atoms with Crippen LogP contribution in [0, 0.1) is 11.3 Å². The van der Waals surface area contributed by atoms with E-state index in [-0.39, 0.29) is 37.4 Å². The van der Waals surface area contributed by atoms with Gasteiger partial charge in [0.05, 0.1) is 0 Å². The molecule has 0 aliphatic rings. The maximum atomic E-state index is 11.7. The Balaban J connectivity index is 4.92. The van der Waals surface area contributed by atoms with Gasteiger partial charge in [-0.3, -0.25) is 14.4 Å². The van der Waals surface area contributed by atoms with Gasteiger partial charge >= 0.3 is 11.9 Å². The number of carbonyl (C=O) groups excluding carboxylic acids is 1. The minimum Gasteiger partial charge on any atom is -0.481 e. The molecular formula is C12H20O5. The maximum Gasteiger partial charge on any atom is 0.303 e. The standard InChI is InChI=1S/C12H20O5/c1-8(2)12(9(3)13,6-4-10(14)15)7-5-11(16)17/h8H,4-7H2,1-3H3,(H,14,15)(H,16,17). The molecule has 0 radical (unpaired) electrons. The van der Waals surface area contributed by atoms with E-state index in [1.165, 1.54) is 6.92 Å². The Hall–Kier alpha value is -1.39. The summed E-state index contributed by atoms with van der Waals surface area (Å²) < 4.78 is 0. The van der Waals surface area contributed by atoms with Crippen LogP contribution in [0.1, 0.15) is 46.5 Å². The monoisotopic (exact) mass is 244 g/mol. The van der Waals surface area contributed by atoms with Crippen LogP contribution < -0.4 is 0 Å². The van der Waals surface area contributed by atoms with E-state index in [9.17, 15) is 14.4 Å². The number of Topliss-reactive ketones (excluding diaryl/α,β-unsaturated/α-hetero) is 1. The summed E-state index contributed by atoms with van der Waals surface area (Å²) in [6, 6.07) is 0. The smallest absolute Gasteiger partial charge is 0.303 e. The Bertz CT molecular complexity index is 288. The highest BCUT2D eigenvalue weighted by molar-refractivity contribution is 5.84. The predicted molar refractivity (Wildman–Crippen MR) is 61.7 cm³/mol. The molecule has 0 rings (SSSR count). The van der Waals surface area contributed by atoms with Gasteiger partial charge in [-0.1, -0.05) is 13.8 Å². The van der Waals surface area contributed by atoms with Crippen LogP contribution in [0.3, 0.4) is 0 Å². The average molecular weight is 244 g/mol. The minimum absolute atomic E-state index is 0.0706. The molecule has 0 fully saturated rings. The van der Waals surface area contributed by atoms with Crippen molar-refractivity contribution in [1.29, 1.82) is 0 Å². The first-order valence-corrected chi connectivity index (χ1v) is 5.67. The lowest BCUT2D eigenvalue weighted by molar-refractivity contribution is -0.140. The summed E-state index contributed by atoms with van der Waals surface area (Å²) >= 11 is 0. The van der Waals surface area contributed by atoms with Crippen molar-refractivity contribution in [2.45, 2.75) is 46.5 Å². The van der Waals surface area contributed by atoms with E-state index < -0.39 is 17.4 Å². The first-order chi connectivity index (χ1) is 7.72. The van der Waals surface area contributed by atoms with Crippen LogP contribution in [-0.2, 0) is 14.4 Å². The van der Waals surface area contributed by atoms with Gasteiger partial charge in [-0.25, -0.2) is 0 Å². The van der Waals surface area contributed by atoms with Crippen molar-refractivity contribution >= 4 is 17.7 Å². The number of rotatable bonds is 8. The van der Waals surface area contributed by atoms with Gasteiger partial charge in [-0.05, 0) is 25.7 Å². The highest BCUT2D eigenvalue weighted by Gasteiger charge is 2.38. The fourth-order valence-corrected chi connectivity index (χ4v) is 2.12. The van der Waals surface area contributed by atoms with E-state index in [0.29, 0.717) is 0 Å². The van der Waals surface area contributed by atoms with Gasteiger partial charge in [0, 0.05) is 18.3 Å². The Morgan fingerprint density at radius 2 is 1.35 bits per heavy atom. The van der Waals surface area contributed by atoms with E-state index in [2.05, 4.69) is 0 Å². The topological polar surface area (TPSA) is 91.7 Å². The molecule has 0 heterocycles.